The molecular weight excluding hydrogens is 478 g/mol. The number of H-pyrrole nitrogens is 1. The summed E-state index contributed by atoms with van der Waals surface area (Å²) in [5.74, 6) is -2.49. The number of aromatic amines is 1. The fraction of sp³-hybridized carbons (Fsp3) is 0.643. The molecule has 4 aliphatic rings. The number of aliphatic hydroxyl groups is 2. The Labute approximate surface area is 216 Å². The average molecular weight is 516 g/mol. The highest BCUT2D eigenvalue weighted by Crippen LogP contribution is 2.61. The van der Waals surface area contributed by atoms with Crippen LogP contribution in [0.15, 0.2) is 42.1 Å². The van der Waals surface area contributed by atoms with Gasteiger partial charge in [-0.25, -0.2) is 9.59 Å². The summed E-state index contributed by atoms with van der Waals surface area (Å²) < 4.78 is 24.2. The molecule has 9 nitrogen and oxygen atoms in total. The first kappa shape index (κ1) is 26.2. The quantitative estimate of drug-likeness (QED) is 0.412. The number of ether oxygens (including phenoxy) is 4. The van der Waals surface area contributed by atoms with Crippen molar-refractivity contribution in [3.8, 4) is 0 Å². The van der Waals surface area contributed by atoms with Gasteiger partial charge >= 0.3 is 11.9 Å². The van der Waals surface area contributed by atoms with Crippen LogP contribution < -0.4 is 0 Å². The number of methoxy groups -OCH3 is 1. The Morgan fingerprint density at radius 2 is 2.05 bits per heavy atom. The van der Waals surface area contributed by atoms with Gasteiger partial charge in [-0.3, -0.25) is 0 Å². The molecule has 4 bridgehead atoms. The van der Waals surface area contributed by atoms with Gasteiger partial charge in [0.1, 0.15) is 29.6 Å². The van der Waals surface area contributed by atoms with Gasteiger partial charge in [0.2, 0.25) is 0 Å². The van der Waals surface area contributed by atoms with Gasteiger partial charge in [0.05, 0.1) is 12.2 Å². The Hall–Kier alpha value is -2.46. The van der Waals surface area contributed by atoms with Crippen LogP contribution in [0.5, 0.6) is 0 Å². The van der Waals surface area contributed by atoms with E-state index in [0.717, 1.165) is 5.57 Å². The standard InChI is InChI=1S/C28H37NO8/c1-13-11-14(2)28-17(12-20(34-5)27(33)35-23(13)16(4)30)8-9-18-21(28)22(31)15(3)24(25(18)37-28)36-26(32)19-7-6-10-29-19/h6-11,13,15-18,20-25,29-31H,12H2,1-5H3/b14-11+/t13-,15-,16-,17-,18-,20+,21+,22-,23+,24-,25-,28+/m1/s1. The fourth-order valence-electron chi connectivity index (χ4n) is 7.14. The molecular formula is C28H37NO8. The lowest BCUT2D eigenvalue weighted by Gasteiger charge is -2.48. The zero-order valence-electron chi connectivity index (χ0n) is 21.9. The van der Waals surface area contributed by atoms with Gasteiger partial charge in [-0.2, -0.15) is 0 Å². The lowest BCUT2D eigenvalue weighted by Crippen LogP contribution is -2.57. The van der Waals surface area contributed by atoms with Gasteiger partial charge in [0.15, 0.2) is 6.10 Å². The number of aliphatic hydroxyl groups excluding tert-OH is 2. The van der Waals surface area contributed by atoms with Crippen molar-refractivity contribution in [1.29, 1.82) is 0 Å². The number of rotatable bonds is 4. The molecule has 1 saturated heterocycles. The molecule has 37 heavy (non-hydrogen) atoms. The molecule has 2 aliphatic carbocycles. The van der Waals surface area contributed by atoms with Crippen molar-refractivity contribution in [1.82, 2.24) is 4.98 Å². The van der Waals surface area contributed by atoms with Crippen LogP contribution in [0, 0.1) is 29.6 Å². The molecule has 1 saturated carbocycles. The Kier molecular flexibility index (Phi) is 6.85. The molecule has 0 unspecified atom stereocenters. The molecule has 2 aliphatic heterocycles. The number of hydrogen-bond acceptors (Lipinski definition) is 8. The molecule has 0 aromatic carbocycles. The van der Waals surface area contributed by atoms with Gasteiger partial charge in [0, 0.05) is 42.9 Å². The number of esters is 2. The summed E-state index contributed by atoms with van der Waals surface area (Å²) in [5, 5.41) is 22.1. The Bertz CT molecular complexity index is 1080. The second-order valence-corrected chi connectivity index (χ2v) is 11.1. The largest absolute Gasteiger partial charge is 0.457 e. The zero-order chi connectivity index (χ0) is 26.6. The van der Waals surface area contributed by atoms with E-state index in [1.54, 1.807) is 25.3 Å². The second-order valence-electron chi connectivity index (χ2n) is 11.1. The number of carbonyl (C=O) groups is 2. The lowest BCUT2D eigenvalue weighted by molar-refractivity contribution is -0.172. The van der Waals surface area contributed by atoms with Crippen LogP contribution in [0.2, 0.25) is 0 Å². The molecule has 0 amide bonds. The summed E-state index contributed by atoms with van der Waals surface area (Å²) in [6, 6.07) is 3.37. The monoisotopic (exact) mass is 515 g/mol. The molecule has 3 N–H and O–H groups in total. The molecule has 1 aromatic rings. The summed E-state index contributed by atoms with van der Waals surface area (Å²) in [7, 11) is 1.46. The highest BCUT2D eigenvalue weighted by molar-refractivity contribution is 5.87. The minimum absolute atomic E-state index is 0.175. The summed E-state index contributed by atoms with van der Waals surface area (Å²) >= 11 is 0. The minimum Gasteiger partial charge on any atom is -0.457 e. The summed E-state index contributed by atoms with van der Waals surface area (Å²) in [5.41, 5.74) is 0.301. The van der Waals surface area contributed by atoms with Crippen LogP contribution in [-0.2, 0) is 23.7 Å². The van der Waals surface area contributed by atoms with Crippen molar-refractivity contribution in [2.75, 3.05) is 7.11 Å². The SMILES string of the molecule is CO[C@H]1C[C@H]2C=C[C@H]3[C@H]4O[C@]2(/C(C)=C/[C@@H](C)[C@@H]([C@@H](C)O)OC1=O)[C@@H]3[C@H](O)[C@@H](C)[C@H]4OC(=O)c1ccc[nH]1. The smallest absolute Gasteiger partial charge is 0.355 e. The molecule has 1 spiro atoms. The van der Waals surface area contributed by atoms with Gasteiger partial charge < -0.3 is 34.1 Å². The first-order chi connectivity index (χ1) is 17.6. The number of aromatic nitrogens is 1. The van der Waals surface area contributed by atoms with Crippen molar-refractivity contribution < 1.29 is 38.7 Å². The Balaban J connectivity index is 1.58. The number of nitrogens with one attached hydrogen (secondary N) is 1. The van der Waals surface area contributed by atoms with Crippen molar-refractivity contribution >= 4 is 11.9 Å². The van der Waals surface area contributed by atoms with E-state index in [9.17, 15) is 19.8 Å². The van der Waals surface area contributed by atoms with E-state index in [-0.39, 0.29) is 36.0 Å². The van der Waals surface area contributed by atoms with Crippen LogP contribution in [0.1, 0.15) is 44.6 Å². The predicted octanol–water partition coefficient (Wildman–Crippen LogP) is 2.40. The molecule has 1 aromatic heterocycles. The Morgan fingerprint density at radius 1 is 1.30 bits per heavy atom. The van der Waals surface area contributed by atoms with E-state index in [1.165, 1.54) is 7.11 Å². The molecule has 12 atom stereocenters. The van der Waals surface area contributed by atoms with Gasteiger partial charge in [-0.1, -0.05) is 32.1 Å². The molecule has 9 heteroatoms. The van der Waals surface area contributed by atoms with Crippen LogP contribution >= 0.6 is 0 Å². The third kappa shape index (κ3) is 4.07. The first-order valence-corrected chi connectivity index (χ1v) is 13.1. The van der Waals surface area contributed by atoms with Gasteiger partial charge in [-0.05, 0) is 38.0 Å². The average Bonchev–Trinajstić information content (AvgIpc) is 3.46. The maximum atomic E-state index is 13.1. The van der Waals surface area contributed by atoms with Gasteiger partial charge in [-0.15, -0.1) is 0 Å². The van der Waals surface area contributed by atoms with E-state index in [0.29, 0.717) is 5.69 Å². The predicted molar refractivity (Wildman–Crippen MR) is 132 cm³/mol. The Morgan fingerprint density at radius 3 is 2.70 bits per heavy atom. The highest BCUT2D eigenvalue weighted by Gasteiger charge is 2.69. The third-order valence-electron chi connectivity index (χ3n) is 8.94. The normalized spacial score (nSPS) is 45.3. The van der Waals surface area contributed by atoms with Crippen molar-refractivity contribution in [2.45, 2.75) is 76.3 Å². The zero-order valence-corrected chi connectivity index (χ0v) is 21.9. The molecule has 202 valence electrons. The van der Waals surface area contributed by atoms with Crippen LogP contribution in [0.3, 0.4) is 0 Å². The number of hydrogen-bond donors (Lipinski definition) is 3. The first-order valence-electron chi connectivity index (χ1n) is 13.1. The van der Waals surface area contributed by atoms with E-state index in [1.807, 2.05) is 39.0 Å². The summed E-state index contributed by atoms with van der Waals surface area (Å²) in [6.45, 7) is 7.35. The van der Waals surface area contributed by atoms with Crippen molar-refractivity contribution in [3.63, 3.8) is 0 Å². The molecule has 5 rings (SSSR count). The van der Waals surface area contributed by atoms with E-state index in [2.05, 4.69) is 4.98 Å². The van der Waals surface area contributed by atoms with Crippen molar-refractivity contribution in [3.05, 3.63) is 47.8 Å². The lowest BCUT2D eigenvalue weighted by atomic mass is 9.57. The molecule has 2 fully saturated rings. The van der Waals surface area contributed by atoms with Crippen LogP contribution in [-0.4, -0.2) is 76.5 Å². The second kappa shape index (κ2) is 9.69. The topological polar surface area (TPSA) is 127 Å². The van der Waals surface area contributed by atoms with Crippen LogP contribution in [0.4, 0.5) is 0 Å². The minimum atomic E-state index is -0.933. The molecule has 3 heterocycles. The van der Waals surface area contributed by atoms with E-state index in [4.69, 9.17) is 18.9 Å². The highest BCUT2D eigenvalue weighted by atomic mass is 16.6. The summed E-state index contributed by atoms with van der Waals surface area (Å²) in [4.78, 5) is 28.8. The van der Waals surface area contributed by atoms with Crippen LogP contribution in [0.25, 0.3) is 0 Å². The molecule has 0 radical (unpaired) electrons. The number of cyclic esters (lactones) is 1. The third-order valence-corrected chi connectivity index (χ3v) is 8.94. The maximum absolute atomic E-state index is 13.1. The maximum Gasteiger partial charge on any atom is 0.355 e. The number of carbonyl (C=O) groups excluding carboxylic acids is 2. The summed E-state index contributed by atoms with van der Waals surface area (Å²) in [6.07, 6.45) is 3.53. The van der Waals surface area contributed by atoms with E-state index >= 15 is 0 Å². The van der Waals surface area contributed by atoms with E-state index < -0.39 is 54.2 Å². The fourth-order valence-corrected chi connectivity index (χ4v) is 7.14. The van der Waals surface area contributed by atoms with Gasteiger partial charge in [0.25, 0.3) is 0 Å². The van der Waals surface area contributed by atoms with Crippen molar-refractivity contribution in [2.24, 2.45) is 29.6 Å².